The van der Waals surface area contributed by atoms with Crippen LogP contribution in [0.4, 0.5) is 0 Å². The molecule has 1 aliphatic rings. The summed E-state index contributed by atoms with van der Waals surface area (Å²) in [5.74, 6) is 1.30. The molecule has 0 spiro atoms. The second-order valence-corrected chi connectivity index (χ2v) is 5.23. The minimum absolute atomic E-state index is 0.103. The van der Waals surface area contributed by atoms with Gasteiger partial charge in [-0.3, -0.25) is 9.48 Å². The van der Waals surface area contributed by atoms with Crippen LogP contribution in [0.3, 0.4) is 0 Å². The molecule has 0 aliphatic carbocycles. The van der Waals surface area contributed by atoms with E-state index in [0.717, 1.165) is 24.4 Å². The summed E-state index contributed by atoms with van der Waals surface area (Å²) >= 11 is 0. The molecule has 0 saturated heterocycles. The van der Waals surface area contributed by atoms with Gasteiger partial charge in [-0.15, -0.1) is 0 Å². The number of aryl methyl sites for hydroxylation is 2. The average molecular weight is 289 g/mol. The maximum absolute atomic E-state index is 12.1. The van der Waals surface area contributed by atoms with E-state index >= 15 is 0 Å². The number of nitrogens with one attached hydrogen (secondary N) is 1. The molecule has 0 radical (unpaired) electrons. The zero-order valence-corrected chi connectivity index (χ0v) is 12.3. The lowest BCUT2D eigenvalue weighted by Crippen LogP contribution is -2.28. The van der Waals surface area contributed by atoms with Crippen molar-refractivity contribution in [2.45, 2.75) is 33.4 Å². The molecule has 0 fully saturated rings. The Kier molecular flexibility index (Phi) is 3.79. The molecule has 0 atom stereocenters. The number of amides is 1. The summed E-state index contributed by atoms with van der Waals surface area (Å²) in [6.07, 6.45) is 2.73. The SMILES string of the molecule is Cc1cc(C(=O)NCCn2ncc3c2CCOC3)c(C)o1. The molecule has 6 heteroatoms. The van der Waals surface area contributed by atoms with E-state index in [0.29, 0.717) is 31.0 Å². The van der Waals surface area contributed by atoms with Gasteiger partial charge in [0.1, 0.15) is 11.5 Å². The van der Waals surface area contributed by atoms with Crippen molar-refractivity contribution in [3.63, 3.8) is 0 Å². The molecule has 0 saturated carbocycles. The summed E-state index contributed by atoms with van der Waals surface area (Å²) in [5.41, 5.74) is 2.96. The third kappa shape index (κ3) is 2.85. The first-order valence-electron chi connectivity index (χ1n) is 7.11. The fourth-order valence-corrected chi connectivity index (χ4v) is 2.63. The van der Waals surface area contributed by atoms with Gasteiger partial charge >= 0.3 is 0 Å². The molecule has 2 aromatic rings. The van der Waals surface area contributed by atoms with E-state index in [1.54, 1.807) is 13.0 Å². The van der Waals surface area contributed by atoms with Gasteiger partial charge in [0.15, 0.2) is 0 Å². The molecule has 3 heterocycles. The fraction of sp³-hybridized carbons (Fsp3) is 0.467. The Labute approximate surface area is 123 Å². The van der Waals surface area contributed by atoms with Crippen LogP contribution in [-0.4, -0.2) is 28.8 Å². The van der Waals surface area contributed by atoms with Gasteiger partial charge in [-0.05, 0) is 19.9 Å². The third-order valence-corrected chi connectivity index (χ3v) is 3.67. The number of hydrogen-bond donors (Lipinski definition) is 1. The van der Waals surface area contributed by atoms with Crippen LogP contribution in [0.5, 0.6) is 0 Å². The van der Waals surface area contributed by atoms with Crippen molar-refractivity contribution in [3.05, 3.63) is 40.6 Å². The minimum Gasteiger partial charge on any atom is -0.466 e. The molecule has 2 aromatic heterocycles. The molecular weight excluding hydrogens is 270 g/mol. The van der Waals surface area contributed by atoms with Crippen LogP contribution in [-0.2, 0) is 24.3 Å². The topological polar surface area (TPSA) is 69.3 Å². The summed E-state index contributed by atoms with van der Waals surface area (Å²) in [5, 5.41) is 7.26. The quantitative estimate of drug-likeness (QED) is 0.928. The highest BCUT2D eigenvalue weighted by atomic mass is 16.5. The summed E-state index contributed by atoms with van der Waals surface area (Å²) in [7, 11) is 0. The standard InChI is InChI=1S/C15H19N3O3/c1-10-7-13(11(2)21-10)15(19)16-4-5-18-14-3-6-20-9-12(14)8-17-18/h7-8H,3-6,9H2,1-2H3,(H,16,19). The second kappa shape index (κ2) is 5.73. The Hall–Kier alpha value is -2.08. The maximum atomic E-state index is 12.1. The van der Waals surface area contributed by atoms with Gasteiger partial charge in [0, 0.05) is 24.2 Å². The molecule has 0 aromatic carbocycles. The molecule has 1 amide bonds. The van der Waals surface area contributed by atoms with Crippen LogP contribution < -0.4 is 5.32 Å². The molecule has 1 N–H and O–H groups in total. The number of ether oxygens (including phenoxy) is 1. The maximum Gasteiger partial charge on any atom is 0.254 e. The largest absolute Gasteiger partial charge is 0.466 e. The summed E-state index contributed by atoms with van der Waals surface area (Å²) in [4.78, 5) is 12.1. The molecule has 0 bridgehead atoms. The van der Waals surface area contributed by atoms with E-state index in [1.165, 1.54) is 5.69 Å². The molecule has 6 nitrogen and oxygen atoms in total. The lowest BCUT2D eigenvalue weighted by atomic mass is 10.2. The van der Waals surface area contributed by atoms with E-state index in [4.69, 9.17) is 9.15 Å². The van der Waals surface area contributed by atoms with Crippen LogP contribution in [0.25, 0.3) is 0 Å². The number of hydrogen-bond acceptors (Lipinski definition) is 4. The minimum atomic E-state index is -0.103. The van der Waals surface area contributed by atoms with E-state index in [1.807, 2.05) is 17.8 Å². The molecule has 0 unspecified atom stereocenters. The van der Waals surface area contributed by atoms with Crippen LogP contribution in [0.1, 0.15) is 33.1 Å². The normalized spacial score (nSPS) is 14.0. The smallest absolute Gasteiger partial charge is 0.254 e. The second-order valence-electron chi connectivity index (χ2n) is 5.23. The van der Waals surface area contributed by atoms with Gasteiger partial charge in [-0.25, -0.2) is 0 Å². The predicted octanol–water partition coefficient (Wildman–Crippen LogP) is 1.60. The number of furan rings is 1. The monoisotopic (exact) mass is 289 g/mol. The Balaban J connectivity index is 1.58. The van der Waals surface area contributed by atoms with Crippen LogP contribution in [0.2, 0.25) is 0 Å². The summed E-state index contributed by atoms with van der Waals surface area (Å²) < 4.78 is 12.7. The van der Waals surface area contributed by atoms with E-state index in [-0.39, 0.29) is 5.91 Å². The van der Waals surface area contributed by atoms with Crippen molar-refractivity contribution >= 4 is 5.91 Å². The molecule has 112 valence electrons. The van der Waals surface area contributed by atoms with Gasteiger partial charge < -0.3 is 14.5 Å². The van der Waals surface area contributed by atoms with Crippen molar-refractivity contribution in [2.75, 3.05) is 13.2 Å². The Morgan fingerprint density at radius 1 is 1.48 bits per heavy atom. The molecule has 21 heavy (non-hydrogen) atoms. The van der Waals surface area contributed by atoms with Crippen LogP contribution >= 0.6 is 0 Å². The Morgan fingerprint density at radius 2 is 2.33 bits per heavy atom. The zero-order chi connectivity index (χ0) is 14.8. The van der Waals surface area contributed by atoms with Gasteiger partial charge in [0.25, 0.3) is 5.91 Å². The lowest BCUT2D eigenvalue weighted by Gasteiger charge is -2.14. The van der Waals surface area contributed by atoms with Crippen molar-refractivity contribution in [2.24, 2.45) is 0 Å². The van der Waals surface area contributed by atoms with Gasteiger partial charge in [0.2, 0.25) is 0 Å². The highest BCUT2D eigenvalue weighted by Crippen LogP contribution is 2.16. The highest BCUT2D eigenvalue weighted by Gasteiger charge is 2.16. The zero-order valence-electron chi connectivity index (χ0n) is 12.3. The number of aromatic nitrogens is 2. The van der Waals surface area contributed by atoms with Gasteiger partial charge in [0.05, 0.1) is 31.5 Å². The Morgan fingerprint density at radius 3 is 3.10 bits per heavy atom. The predicted molar refractivity (Wildman–Crippen MR) is 76.1 cm³/mol. The van der Waals surface area contributed by atoms with Gasteiger partial charge in [-0.1, -0.05) is 0 Å². The average Bonchev–Trinajstić information content (AvgIpc) is 3.02. The first kappa shape index (κ1) is 13.9. The summed E-state index contributed by atoms with van der Waals surface area (Å²) in [6, 6.07) is 1.76. The Bertz CT molecular complexity index is 657. The molecule has 1 aliphatic heterocycles. The van der Waals surface area contributed by atoms with Crippen molar-refractivity contribution in [1.29, 1.82) is 0 Å². The fourth-order valence-electron chi connectivity index (χ4n) is 2.63. The number of rotatable bonds is 4. The summed E-state index contributed by atoms with van der Waals surface area (Å²) in [6.45, 7) is 6.20. The van der Waals surface area contributed by atoms with Crippen LogP contribution in [0, 0.1) is 13.8 Å². The highest BCUT2D eigenvalue weighted by molar-refractivity contribution is 5.95. The van der Waals surface area contributed by atoms with Gasteiger partial charge in [-0.2, -0.15) is 5.10 Å². The number of carbonyl (C=O) groups is 1. The molecule has 3 rings (SSSR count). The lowest BCUT2D eigenvalue weighted by molar-refractivity contribution is 0.0949. The first-order chi connectivity index (χ1) is 10.1. The van der Waals surface area contributed by atoms with E-state index in [2.05, 4.69) is 10.4 Å². The van der Waals surface area contributed by atoms with E-state index < -0.39 is 0 Å². The van der Waals surface area contributed by atoms with Crippen molar-refractivity contribution in [1.82, 2.24) is 15.1 Å². The molecular formula is C15H19N3O3. The van der Waals surface area contributed by atoms with Crippen LogP contribution in [0.15, 0.2) is 16.7 Å². The number of fused-ring (bicyclic) bond motifs is 1. The van der Waals surface area contributed by atoms with Crippen molar-refractivity contribution < 1.29 is 13.9 Å². The van der Waals surface area contributed by atoms with Crippen molar-refractivity contribution in [3.8, 4) is 0 Å². The van der Waals surface area contributed by atoms with E-state index in [9.17, 15) is 4.79 Å². The third-order valence-electron chi connectivity index (χ3n) is 3.67. The number of carbonyl (C=O) groups excluding carboxylic acids is 1. The number of nitrogens with zero attached hydrogens (tertiary/aromatic N) is 2. The first-order valence-corrected chi connectivity index (χ1v) is 7.11.